The summed E-state index contributed by atoms with van der Waals surface area (Å²) in [5.74, 6) is -1.82. The molecule has 0 radical (unpaired) electrons. The average Bonchev–Trinajstić information content (AvgIpc) is 3.17. The third kappa shape index (κ3) is 3.05. The summed E-state index contributed by atoms with van der Waals surface area (Å²) in [5.41, 5.74) is 0.639. The summed E-state index contributed by atoms with van der Waals surface area (Å²) < 4.78 is 26.2. The molecule has 1 aliphatic heterocycles. The Morgan fingerprint density at radius 3 is 2.52 bits per heavy atom. The topological polar surface area (TPSA) is 70.4 Å². The smallest absolute Gasteiger partial charge is 0.307 e. The number of imidazole rings is 1. The fourth-order valence-corrected chi connectivity index (χ4v) is 2.73. The third-order valence-electron chi connectivity index (χ3n) is 4.04. The summed E-state index contributed by atoms with van der Waals surface area (Å²) in [6.45, 7) is 4.65. The van der Waals surface area contributed by atoms with Gasteiger partial charge < -0.3 is 14.0 Å². The summed E-state index contributed by atoms with van der Waals surface area (Å²) in [6.07, 6.45) is -0.131. The van der Waals surface area contributed by atoms with E-state index in [4.69, 9.17) is 9.47 Å². The maximum atomic E-state index is 14.2. The van der Waals surface area contributed by atoms with Crippen molar-refractivity contribution in [1.29, 1.82) is 0 Å². The lowest BCUT2D eigenvalue weighted by Crippen LogP contribution is -2.27. The Hall–Kier alpha value is -2.96. The minimum Gasteiger partial charge on any atom is -0.448 e. The van der Waals surface area contributed by atoms with Gasteiger partial charge in [-0.25, -0.2) is 4.98 Å². The number of rotatable bonds is 5. The molecule has 1 unspecified atom stereocenters. The molecule has 0 saturated carbocycles. The van der Waals surface area contributed by atoms with Crippen LogP contribution in [0.1, 0.15) is 42.9 Å². The molecule has 2 heterocycles. The lowest BCUT2D eigenvalue weighted by molar-refractivity contribution is -0.118. The van der Waals surface area contributed by atoms with Crippen LogP contribution >= 0.6 is 0 Å². The van der Waals surface area contributed by atoms with Crippen molar-refractivity contribution in [3.63, 3.8) is 0 Å². The van der Waals surface area contributed by atoms with Gasteiger partial charge in [0, 0.05) is 6.92 Å². The largest absolute Gasteiger partial charge is 0.448 e. The second-order valence-electron chi connectivity index (χ2n) is 5.75. The highest BCUT2D eigenvalue weighted by molar-refractivity contribution is 5.99. The number of Topliss-reactive ketones (excluding diaryl/α,β-unsaturated/α-hetero) is 2. The fraction of sp³-hybridized carbons (Fsp3) is 0.278. The Kier molecular flexibility index (Phi) is 4.39. The zero-order valence-corrected chi connectivity index (χ0v) is 14.0. The number of hydrogen-bond acceptors (Lipinski definition) is 5. The van der Waals surface area contributed by atoms with Crippen molar-refractivity contribution < 1.29 is 23.5 Å². The molecule has 0 spiro atoms. The first-order chi connectivity index (χ1) is 11.9. The van der Waals surface area contributed by atoms with Gasteiger partial charge in [-0.2, -0.15) is 4.39 Å². The molecule has 130 valence electrons. The molecule has 3 rings (SSSR count). The van der Waals surface area contributed by atoms with Crippen molar-refractivity contribution >= 4 is 11.6 Å². The number of halogens is 1. The molecule has 6 nitrogen and oxygen atoms in total. The molecular formula is C18H17FN2O4. The van der Waals surface area contributed by atoms with Crippen molar-refractivity contribution in [2.75, 3.05) is 0 Å². The Morgan fingerprint density at radius 2 is 1.92 bits per heavy atom. The summed E-state index contributed by atoms with van der Waals surface area (Å²) in [4.78, 5) is 27.8. The van der Waals surface area contributed by atoms with E-state index >= 15 is 0 Å². The van der Waals surface area contributed by atoms with Gasteiger partial charge in [0.15, 0.2) is 11.5 Å². The van der Waals surface area contributed by atoms with E-state index in [0.29, 0.717) is 0 Å². The van der Waals surface area contributed by atoms with E-state index in [2.05, 4.69) is 4.98 Å². The summed E-state index contributed by atoms with van der Waals surface area (Å²) in [6, 6.07) is 9.01. The third-order valence-corrected chi connectivity index (χ3v) is 4.04. The normalized spacial score (nSPS) is 17.8. The van der Waals surface area contributed by atoms with Gasteiger partial charge in [-0.1, -0.05) is 30.3 Å². The van der Waals surface area contributed by atoms with Gasteiger partial charge in [0.25, 0.3) is 5.78 Å². The van der Waals surface area contributed by atoms with E-state index in [1.807, 2.05) is 37.3 Å². The molecule has 2 aromatic rings. The summed E-state index contributed by atoms with van der Waals surface area (Å²) in [7, 11) is 0. The van der Waals surface area contributed by atoms with E-state index in [-0.39, 0.29) is 29.0 Å². The Morgan fingerprint density at radius 1 is 1.24 bits per heavy atom. The van der Waals surface area contributed by atoms with Crippen molar-refractivity contribution in [1.82, 2.24) is 9.55 Å². The number of allylic oxidation sites excluding steroid dienone is 2. The molecule has 7 heteroatoms. The Labute approximate surface area is 143 Å². The number of benzene rings is 1. The highest BCUT2D eigenvalue weighted by atomic mass is 19.1. The van der Waals surface area contributed by atoms with Crippen LogP contribution in [0.25, 0.3) is 0 Å². The van der Waals surface area contributed by atoms with Gasteiger partial charge in [-0.05, 0) is 19.4 Å². The summed E-state index contributed by atoms with van der Waals surface area (Å²) in [5, 5.41) is 0. The van der Waals surface area contributed by atoms with Gasteiger partial charge in [-0.3, -0.25) is 9.59 Å². The van der Waals surface area contributed by atoms with Crippen LogP contribution in [0.3, 0.4) is 0 Å². The Balaban J connectivity index is 1.90. The summed E-state index contributed by atoms with van der Waals surface area (Å²) >= 11 is 0. The number of ether oxygens (including phenoxy) is 2. The van der Waals surface area contributed by atoms with Crippen LogP contribution in [0.15, 0.2) is 48.2 Å². The van der Waals surface area contributed by atoms with Gasteiger partial charge >= 0.3 is 6.29 Å². The Bertz CT molecular complexity index is 857. The number of ketones is 2. The zero-order valence-electron chi connectivity index (χ0n) is 14.0. The highest BCUT2D eigenvalue weighted by Crippen LogP contribution is 2.27. The zero-order chi connectivity index (χ0) is 18.1. The molecule has 1 aromatic heterocycles. The molecule has 1 aromatic carbocycles. The standard InChI is InChI=1S/C18H17FN2O4/c1-10(13-7-5-4-6-8-13)21-9-20-17(19)14(21)15(23)18-24-12(3)16(25-18)11(2)22/h4-10,18H,1-3H3/t10-,18?/m1/s1. The number of aromatic nitrogens is 2. The first-order valence-corrected chi connectivity index (χ1v) is 7.76. The van der Waals surface area contributed by atoms with E-state index in [1.165, 1.54) is 24.7 Å². The number of nitrogens with zero attached hydrogens (tertiary/aromatic N) is 2. The molecular weight excluding hydrogens is 327 g/mol. The molecule has 0 amide bonds. The number of carbonyl (C=O) groups excluding carboxylic acids is 2. The maximum Gasteiger partial charge on any atom is 0.307 e. The predicted molar refractivity (Wildman–Crippen MR) is 86.1 cm³/mol. The highest BCUT2D eigenvalue weighted by Gasteiger charge is 2.37. The van der Waals surface area contributed by atoms with Crippen molar-refractivity contribution in [3.8, 4) is 0 Å². The minimum atomic E-state index is -1.40. The van der Waals surface area contributed by atoms with E-state index in [1.54, 1.807) is 0 Å². The van der Waals surface area contributed by atoms with Gasteiger partial charge in [-0.15, -0.1) is 0 Å². The molecule has 25 heavy (non-hydrogen) atoms. The van der Waals surface area contributed by atoms with Crippen LogP contribution in [0, 0.1) is 5.95 Å². The quantitative estimate of drug-likeness (QED) is 0.780. The van der Waals surface area contributed by atoms with Gasteiger partial charge in [0.2, 0.25) is 11.7 Å². The molecule has 0 aliphatic carbocycles. The maximum absolute atomic E-state index is 14.2. The van der Waals surface area contributed by atoms with Crippen LogP contribution in [0.4, 0.5) is 4.39 Å². The van der Waals surface area contributed by atoms with Crippen molar-refractivity contribution in [2.24, 2.45) is 0 Å². The first kappa shape index (κ1) is 16.9. The van der Waals surface area contributed by atoms with E-state index in [0.717, 1.165) is 5.56 Å². The fourth-order valence-electron chi connectivity index (χ4n) is 2.73. The second kappa shape index (κ2) is 6.51. The van der Waals surface area contributed by atoms with Crippen LogP contribution in [-0.4, -0.2) is 27.4 Å². The van der Waals surface area contributed by atoms with Crippen molar-refractivity contribution in [3.05, 3.63) is 65.4 Å². The van der Waals surface area contributed by atoms with E-state index in [9.17, 15) is 14.0 Å². The van der Waals surface area contributed by atoms with Crippen molar-refractivity contribution in [2.45, 2.75) is 33.1 Å². The van der Waals surface area contributed by atoms with Crippen LogP contribution in [-0.2, 0) is 14.3 Å². The lowest BCUT2D eigenvalue weighted by atomic mass is 10.1. The minimum absolute atomic E-state index is 0.0269. The monoisotopic (exact) mass is 344 g/mol. The van der Waals surface area contributed by atoms with E-state index < -0.39 is 18.0 Å². The lowest BCUT2D eigenvalue weighted by Gasteiger charge is -2.18. The van der Waals surface area contributed by atoms with Crippen LogP contribution in [0.5, 0.6) is 0 Å². The van der Waals surface area contributed by atoms with Gasteiger partial charge in [0.05, 0.1) is 12.4 Å². The molecule has 0 fully saturated rings. The van der Waals surface area contributed by atoms with Crippen LogP contribution in [0.2, 0.25) is 0 Å². The second-order valence-corrected chi connectivity index (χ2v) is 5.75. The number of carbonyl (C=O) groups is 2. The molecule has 0 bridgehead atoms. The average molecular weight is 344 g/mol. The SMILES string of the molecule is CC(=O)C1=C(C)OC(C(=O)c2c(F)ncn2[C@H](C)c2ccccc2)O1. The van der Waals surface area contributed by atoms with Gasteiger partial charge in [0.1, 0.15) is 5.76 Å². The van der Waals surface area contributed by atoms with Crippen LogP contribution < -0.4 is 0 Å². The predicted octanol–water partition coefficient (Wildman–Crippen LogP) is 3.01. The number of hydrogen-bond donors (Lipinski definition) is 0. The molecule has 1 aliphatic rings. The molecule has 0 N–H and O–H groups in total. The first-order valence-electron chi connectivity index (χ1n) is 7.76. The molecule has 2 atom stereocenters. The molecule has 0 saturated heterocycles.